The number of nitrogens with one attached hydrogen (secondary N) is 1. The van der Waals surface area contributed by atoms with Gasteiger partial charge in [0.1, 0.15) is 0 Å². The zero-order chi connectivity index (χ0) is 12.8. The van der Waals surface area contributed by atoms with Gasteiger partial charge in [0.2, 0.25) is 0 Å². The highest BCUT2D eigenvalue weighted by Gasteiger charge is 2.12. The van der Waals surface area contributed by atoms with Crippen LogP contribution in [0.25, 0.3) is 0 Å². The second kappa shape index (κ2) is 7.63. The molecule has 1 N–H and O–H groups in total. The second-order valence-electron chi connectivity index (χ2n) is 3.78. The Morgan fingerprint density at radius 2 is 2.29 bits per heavy atom. The minimum Gasteiger partial charge on any atom is -0.350 e. The molecule has 5 heteroatoms. The Hall–Kier alpha value is 0.250. The molecular weight excluding hydrogens is 413 g/mol. The number of benzene rings is 1. The Labute approximate surface area is 129 Å². The van der Waals surface area contributed by atoms with E-state index in [-0.39, 0.29) is 11.9 Å². The number of carbonyl (C=O) groups is 1. The highest BCUT2D eigenvalue weighted by molar-refractivity contribution is 14.1. The van der Waals surface area contributed by atoms with E-state index in [4.69, 9.17) is 0 Å². The molecule has 0 aliphatic rings. The molecule has 17 heavy (non-hydrogen) atoms. The summed E-state index contributed by atoms with van der Waals surface area (Å²) < 4.78 is 1.90. The predicted octanol–water partition coefficient (Wildman–Crippen LogP) is 3.93. The summed E-state index contributed by atoms with van der Waals surface area (Å²) in [5, 5.41) is 3.01. The van der Waals surface area contributed by atoms with Gasteiger partial charge in [0.05, 0.1) is 5.56 Å². The number of amides is 1. The standard InChI is InChI=1S/C12H15BrINOS/c1-8(5-6-17-2)15-12(16)10-7-9(14)3-4-11(10)13/h3-4,7-8H,5-6H2,1-2H3,(H,15,16). The molecule has 1 rings (SSSR count). The van der Waals surface area contributed by atoms with Crippen LogP contribution in [-0.2, 0) is 0 Å². The van der Waals surface area contributed by atoms with Crippen LogP contribution in [0.1, 0.15) is 23.7 Å². The van der Waals surface area contributed by atoms with E-state index < -0.39 is 0 Å². The Balaban J connectivity index is 2.66. The minimum absolute atomic E-state index is 0.0102. The highest BCUT2D eigenvalue weighted by atomic mass is 127. The highest BCUT2D eigenvalue weighted by Crippen LogP contribution is 2.19. The van der Waals surface area contributed by atoms with Crippen LogP contribution >= 0.6 is 50.3 Å². The maximum Gasteiger partial charge on any atom is 0.252 e. The van der Waals surface area contributed by atoms with Crippen molar-refractivity contribution in [2.24, 2.45) is 0 Å². The monoisotopic (exact) mass is 427 g/mol. The van der Waals surface area contributed by atoms with Gasteiger partial charge in [-0.25, -0.2) is 0 Å². The lowest BCUT2D eigenvalue weighted by atomic mass is 10.2. The summed E-state index contributed by atoms with van der Waals surface area (Å²) in [5.74, 6) is 1.05. The summed E-state index contributed by atoms with van der Waals surface area (Å²) >= 11 is 7.41. The largest absolute Gasteiger partial charge is 0.350 e. The third-order valence-corrected chi connectivity index (χ3v) is 4.31. The van der Waals surface area contributed by atoms with E-state index in [9.17, 15) is 4.79 Å². The molecule has 1 unspecified atom stereocenters. The van der Waals surface area contributed by atoms with Gasteiger partial charge in [-0.1, -0.05) is 0 Å². The molecule has 1 aromatic carbocycles. The zero-order valence-electron chi connectivity index (χ0n) is 9.80. The van der Waals surface area contributed by atoms with Crippen molar-refractivity contribution in [3.63, 3.8) is 0 Å². The van der Waals surface area contributed by atoms with E-state index in [2.05, 4.69) is 50.1 Å². The summed E-state index contributed by atoms with van der Waals surface area (Å²) in [6, 6.07) is 5.98. The van der Waals surface area contributed by atoms with Gasteiger partial charge in [0.25, 0.3) is 5.91 Å². The van der Waals surface area contributed by atoms with Crippen molar-refractivity contribution in [2.75, 3.05) is 12.0 Å². The number of hydrogen-bond acceptors (Lipinski definition) is 2. The number of thioether (sulfide) groups is 1. The normalized spacial score (nSPS) is 12.2. The number of carbonyl (C=O) groups excluding carboxylic acids is 1. The molecule has 0 bridgehead atoms. The van der Waals surface area contributed by atoms with Crippen molar-refractivity contribution in [1.82, 2.24) is 5.32 Å². The molecular formula is C12H15BrINOS. The fourth-order valence-electron chi connectivity index (χ4n) is 1.34. The average Bonchev–Trinajstić information content (AvgIpc) is 2.29. The molecule has 0 fully saturated rings. The van der Waals surface area contributed by atoms with Gasteiger partial charge in [-0.3, -0.25) is 4.79 Å². The fraction of sp³-hybridized carbons (Fsp3) is 0.417. The fourth-order valence-corrected chi connectivity index (χ4v) is 2.85. The molecule has 0 aliphatic carbocycles. The van der Waals surface area contributed by atoms with Crippen LogP contribution in [0.5, 0.6) is 0 Å². The molecule has 0 radical (unpaired) electrons. The lowest BCUT2D eigenvalue weighted by Gasteiger charge is -2.14. The van der Waals surface area contributed by atoms with Crippen LogP contribution in [0.2, 0.25) is 0 Å². The van der Waals surface area contributed by atoms with E-state index in [1.165, 1.54) is 0 Å². The van der Waals surface area contributed by atoms with E-state index >= 15 is 0 Å². The van der Waals surface area contributed by atoms with Gasteiger partial charge in [-0.05, 0) is 82.1 Å². The minimum atomic E-state index is -0.0102. The first-order valence-corrected chi connectivity index (χ1v) is 8.56. The predicted molar refractivity (Wildman–Crippen MR) is 86.8 cm³/mol. The van der Waals surface area contributed by atoms with Crippen LogP contribution in [0.4, 0.5) is 0 Å². The molecule has 0 aliphatic heterocycles. The average molecular weight is 428 g/mol. The van der Waals surface area contributed by atoms with Crippen molar-refractivity contribution in [3.8, 4) is 0 Å². The van der Waals surface area contributed by atoms with E-state index in [1.54, 1.807) is 11.8 Å². The summed E-state index contributed by atoms with van der Waals surface area (Å²) in [7, 11) is 0. The molecule has 0 saturated heterocycles. The molecule has 1 amide bonds. The molecule has 2 nitrogen and oxygen atoms in total. The van der Waals surface area contributed by atoms with Gasteiger partial charge in [0, 0.05) is 14.1 Å². The van der Waals surface area contributed by atoms with Crippen molar-refractivity contribution < 1.29 is 4.79 Å². The van der Waals surface area contributed by atoms with Crippen LogP contribution in [-0.4, -0.2) is 24.0 Å². The Kier molecular flexibility index (Phi) is 6.87. The topological polar surface area (TPSA) is 29.1 Å². The van der Waals surface area contributed by atoms with Crippen LogP contribution in [0, 0.1) is 3.57 Å². The molecule has 0 saturated carbocycles. The molecule has 94 valence electrons. The van der Waals surface area contributed by atoms with Crippen molar-refractivity contribution >= 4 is 56.2 Å². The summed E-state index contributed by atoms with van der Waals surface area (Å²) in [6.45, 7) is 2.04. The van der Waals surface area contributed by atoms with Crippen LogP contribution in [0.15, 0.2) is 22.7 Å². The molecule has 0 heterocycles. The van der Waals surface area contributed by atoms with Crippen LogP contribution in [0.3, 0.4) is 0 Å². The van der Waals surface area contributed by atoms with Crippen molar-refractivity contribution in [3.05, 3.63) is 31.8 Å². The molecule has 0 aromatic heterocycles. The Morgan fingerprint density at radius 3 is 2.94 bits per heavy atom. The lowest BCUT2D eigenvalue weighted by Crippen LogP contribution is -2.33. The van der Waals surface area contributed by atoms with Gasteiger partial charge >= 0.3 is 0 Å². The number of rotatable bonds is 5. The Bertz CT molecular complexity index is 400. The van der Waals surface area contributed by atoms with Gasteiger partial charge < -0.3 is 5.32 Å². The summed E-state index contributed by atoms with van der Waals surface area (Å²) in [5.41, 5.74) is 0.702. The zero-order valence-corrected chi connectivity index (χ0v) is 14.4. The van der Waals surface area contributed by atoms with Crippen LogP contribution < -0.4 is 5.32 Å². The molecule has 1 atom stereocenters. The smallest absolute Gasteiger partial charge is 0.252 e. The molecule has 0 spiro atoms. The third kappa shape index (κ3) is 5.18. The van der Waals surface area contributed by atoms with E-state index in [0.717, 1.165) is 20.2 Å². The first kappa shape index (κ1) is 15.3. The van der Waals surface area contributed by atoms with Gasteiger partial charge in [0.15, 0.2) is 0 Å². The van der Waals surface area contributed by atoms with Crippen molar-refractivity contribution in [2.45, 2.75) is 19.4 Å². The van der Waals surface area contributed by atoms with Gasteiger partial charge in [-0.15, -0.1) is 0 Å². The van der Waals surface area contributed by atoms with Gasteiger partial charge in [-0.2, -0.15) is 11.8 Å². The maximum absolute atomic E-state index is 12.0. The first-order chi connectivity index (χ1) is 8.04. The quantitative estimate of drug-likeness (QED) is 0.721. The number of hydrogen-bond donors (Lipinski definition) is 1. The third-order valence-electron chi connectivity index (χ3n) is 2.31. The number of halogens is 2. The SMILES string of the molecule is CSCCC(C)NC(=O)c1cc(I)ccc1Br. The van der Waals surface area contributed by atoms with E-state index in [1.807, 2.05) is 25.1 Å². The molecule has 1 aromatic rings. The second-order valence-corrected chi connectivity index (χ2v) is 6.87. The summed E-state index contributed by atoms with van der Waals surface area (Å²) in [4.78, 5) is 12.0. The van der Waals surface area contributed by atoms with Crippen molar-refractivity contribution in [1.29, 1.82) is 0 Å². The van der Waals surface area contributed by atoms with E-state index in [0.29, 0.717) is 5.56 Å². The summed E-state index contributed by atoms with van der Waals surface area (Å²) in [6.07, 6.45) is 3.07. The maximum atomic E-state index is 12.0. The lowest BCUT2D eigenvalue weighted by molar-refractivity contribution is 0.0938. The Morgan fingerprint density at radius 1 is 1.59 bits per heavy atom. The first-order valence-electron chi connectivity index (χ1n) is 5.29.